The molecule has 2 rings (SSSR count). The summed E-state index contributed by atoms with van der Waals surface area (Å²) in [4.78, 5) is 0. The first-order valence-corrected chi connectivity index (χ1v) is 6.31. The standard InChI is InChI=1S/C14H17F3N2/c1-3-19-9-10(7-8-18-2)11-5-4-6-12(13(11)19)14(15,16)17/h4-6,9,18H,3,7-8H2,1-2H3. The number of alkyl halides is 3. The Kier molecular flexibility index (Phi) is 3.85. The van der Waals surface area contributed by atoms with E-state index in [0.717, 1.165) is 24.6 Å². The van der Waals surface area contributed by atoms with E-state index in [-0.39, 0.29) is 0 Å². The highest BCUT2D eigenvalue weighted by Crippen LogP contribution is 2.36. The third-order valence-electron chi connectivity index (χ3n) is 3.27. The molecule has 0 spiro atoms. The van der Waals surface area contributed by atoms with Crippen molar-refractivity contribution in [1.82, 2.24) is 9.88 Å². The first-order chi connectivity index (χ1) is 8.99. The topological polar surface area (TPSA) is 17.0 Å². The van der Waals surface area contributed by atoms with Gasteiger partial charge in [-0.2, -0.15) is 13.2 Å². The van der Waals surface area contributed by atoms with Crippen LogP contribution in [0.4, 0.5) is 13.2 Å². The average molecular weight is 270 g/mol. The lowest BCUT2D eigenvalue weighted by Crippen LogP contribution is -2.10. The molecule has 104 valence electrons. The number of fused-ring (bicyclic) bond motifs is 1. The van der Waals surface area contributed by atoms with Gasteiger partial charge >= 0.3 is 6.18 Å². The summed E-state index contributed by atoms with van der Waals surface area (Å²) in [5.74, 6) is 0. The van der Waals surface area contributed by atoms with Gasteiger partial charge in [-0.15, -0.1) is 0 Å². The van der Waals surface area contributed by atoms with E-state index < -0.39 is 11.7 Å². The molecule has 0 radical (unpaired) electrons. The number of benzene rings is 1. The van der Waals surface area contributed by atoms with Gasteiger partial charge in [0.25, 0.3) is 0 Å². The molecule has 0 bridgehead atoms. The maximum absolute atomic E-state index is 13.1. The summed E-state index contributed by atoms with van der Waals surface area (Å²) in [6.45, 7) is 3.14. The fraction of sp³-hybridized carbons (Fsp3) is 0.429. The first kappa shape index (κ1) is 13.9. The molecular weight excluding hydrogens is 253 g/mol. The van der Waals surface area contributed by atoms with Crippen LogP contribution in [0.25, 0.3) is 10.9 Å². The Balaban J connectivity index is 2.64. The van der Waals surface area contributed by atoms with Crippen LogP contribution < -0.4 is 5.32 Å². The Morgan fingerprint density at radius 3 is 2.58 bits per heavy atom. The molecule has 0 fully saturated rings. The van der Waals surface area contributed by atoms with Crippen LogP contribution in [0.1, 0.15) is 18.1 Å². The highest BCUT2D eigenvalue weighted by Gasteiger charge is 2.34. The normalized spacial score (nSPS) is 12.3. The van der Waals surface area contributed by atoms with E-state index in [1.54, 1.807) is 10.6 Å². The molecule has 1 heterocycles. The van der Waals surface area contributed by atoms with Gasteiger partial charge in [-0.3, -0.25) is 0 Å². The van der Waals surface area contributed by atoms with E-state index in [0.29, 0.717) is 17.4 Å². The maximum Gasteiger partial charge on any atom is 0.418 e. The minimum absolute atomic E-state index is 0.295. The van der Waals surface area contributed by atoms with Crippen LogP contribution in [0, 0.1) is 0 Å². The fourth-order valence-electron chi connectivity index (χ4n) is 2.37. The van der Waals surface area contributed by atoms with E-state index in [2.05, 4.69) is 5.32 Å². The summed E-state index contributed by atoms with van der Waals surface area (Å²) >= 11 is 0. The molecule has 0 saturated carbocycles. The van der Waals surface area contributed by atoms with Crippen molar-refractivity contribution in [2.75, 3.05) is 13.6 Å². The number of likely N-dealkylation sites (N-methyl/N-ethyl adjacent to an activating group) is 1. The van der Waals surface area contributed by atoms with Gasteiger partial charge in [0.05, 0.1) is 11.1 Å². The molecule has 0 atom stereocenters. The molecule has 19 heavy (non-hydrogen) atoms. The molecule has 1 N–H and O–H groups in total. The van der Waals surface area contributed by atoms with Gasteiger partial charge in [0.15, 0.2) is 0 Å². The molecule has 0 amide bonds. The molecule has 0 aliphatic heterocycles. The lowest BCUT2D eigenvalue weighted by atomic mass is 10.1. The van der Waals surface area contributed by atoms with Crippen LogP contribution in [0.15, 0.2) is 24.4 Å². The number of aromatic nitrogens is 1. The Hall–Kier alpha value is -1.49. The van der Waals surface area contributed by atoms with Crippen molar-refractivity contribution in [3.8, 4) is 0 Å². The predicted molar refractivity (Wildman–Crippen MR) is 70.2 cm³/mol. The van der Waals surface area contributed by atoms with Crippen LogP contribution in [0.2, 0.25) is 0 Å². The number of nitrogens with zero attached hydrogens (tertiary/aromatic N) is 1. The summed E-state index contributed by atoms with van der Waals surface area (Å²) < 4.78 is 40.9. The summed E-state index contributed by atoms with van der Waals surface area (Å²) in [6.07, 6.45) is -1.76. The first-order valence-electron chi connectivity index (χ1n) is 6.31. The zero-order valence-corrected chi connectivity index (χ0v) is 11.0. The number of aryl methyl sites for hydroxylation is 1. The molecule has 1 aromatic heterocycles. The van der Waals surface area contributed by atoms with Crippen LogP contribution >= 0.6 is 0 Å². The summed E-state index contributed by atoms with van der Waals surface area (Å²) in [5.41, 5.74) is 0.698. The van der Waals surface area contributed by atoms with Crippen molar-refractivity contribution in [3.63, 3.8) is 0 Å². The molecule has 1 aromatic carbocycles. The molecular formula is C14H17F3N2. The summed E-state index contributed by atoms with van der Waals surface area (Å²) in [7, 11) is 1.83. The monoisotopic (exact) mass is 270 g/mol. The quantitative estimate of drug-likeness (QED) is 0.900. The minimum Gasteiger partial charge on any atom is -0.347 e. The molecule has 2 nitrogen and oxygen atoms in total. The number of nitrogens with one attached hydrogen (secondary N) is 1. The Morgan fingerprint density at radius 1 is 1.26 bits per heavy atom. The molecule has 0 aliphatic carbocycles. The molecule has 2 aromatic rings. The van der Waals surface area contributed by atoms with E-state index in [1.807, 2.05) is 20.2 Å². The second kappa shape index (κ2) is 5.25. The highest BCUT2D eigenvalue weighted by atomic mass is 19.4. The summed E-state index contributed by atoms with van der Waals surface area (Å²) in [6, 6.07) is 4.39. The average Bonchev–Trinajstić information content (AvgIpc) is 2.73. The smallest absolute Gasteiger partial charge is 0.347 e. The van der Waals surface area contributed by atoms with Gasteiger partial charge in [0.2, 0.25) is 0 Å². The third-order valence-corrected chi connectivity index (χ3v) is 3.27. The highest BCUT2D eigenvalue weighted by molar-refractivity contribution is 5.87. The van der Waals surface area contributed by atoms with Crippen molar-refractivity contribution in [3.05, 3.63) is 35.5 Å². The number of halogens is 3. The van der Waals surface area contributed by atoms with Gasteiger partial charge in [-0.1, -0.05) is 12.1 Å². The van der Waals surface area contributed by atoms with Crippen LogP contribution in [0.3, 0.4) is 0 Å². The molecule has 0 saturated heterocycles. The van der Waals surface area contributed by atoms with Gasteiger partial charge in [-0.05, 0) is 38.6 Å². The second-order valence-electron chi connectivity index (χ2n) is 4.49. The molecule has 0 unspecified atom stereocenters. The van der Waals surface area contributed by atoms with Crippen LogP contribution in [0.5, 0.6) is 0 Å². The minimum atomic E-state index is -4.31. The number of hydrogen-bond donors (Lipinski definition) is 1. The van der Waals surface area contributed by atoms with Gasteiger partial charge < -0.3 is 9.88 Å². The van der Waals surface area contributed by atoms with Crippen molar-refractivity contribution in [1.29, 1.82) is 0 Å². The van der Waals surface area contributed by atoms with Crippen LogP contribution in [-0.4, -0.2) is 18.2 Å². The van der Waals surface area contributed by atoms with Crippen LogP contribution in [-0.2, 0) is 19.1 Å². The lowest BCUT2D eigenvalue weighted by molar-refractivity contribution is -0.136. The molecule has 0 aliphatic rings. The van der Waals surface area contributed by atoms with Crippen molar-refractivity contribution in [2.45, 2.75) is 26.1 Å². The Morgan fingerprint density at radius 2 is 2.00 bits per heavy atom. The Bertz CT molecular complexity index is 570. The Labute approximate surface area is 110 Å². The van der Waals surface area contributed by atoms with Gasteiger partial charge in [0.1, 0.15) is 0 Å². The molecule has 5 heteroatoms. The third kappa shape index (κ3) is 2.61. The summed E-state index contributed by atoms with van der Waals surface area (Å²) in [5, 5.41) is 3.72. The van der Waals surface area contributed by atoms with E-state index >= 15 is 0 Å². The zero-order chi connectivity index (χ0) is 14.0. The van der Waals surface area contributed by atoms with E-state index in [1.165, 1.54) is 6.07 Å². The largest absolute Gasteiger partial charge is 0.418 e. The number of rotatable bonds is 4. The van der Waals surface area contributed by atoms with E-state index in [9.17, 15) is 13.2 Å². The maximum atomic E-state index is 13.1. The van der Waals surface area contributed by atoms with Gasteiger partial charge in [-0.25, -0.2) is 0 Å². The van der Waals surface area contributed by atoms with Crippen molar-refractivity contribution in [2.24, 2.45) is 0 Å². The second-order valence-corrected chi connectivity index (χ2v) is 4.49. The van der Waals surface area contributed by atoms with Crippen molar-refractivity contribution < 1.29 is 13.2 Å². The van der Waals surface area contributed by atoms with Gasteiger partial charge in [0, 0.05) is 18.1 Å². The zero-order valence-electron chi connectivity index (χ0n) is 11.0. The van der Waals surface area contributed by atoms with Crippen molar-refractivity contribution >= 4 is 10.9 Å². The number of hydrogen-bond acceptors (Lipinski definition) is 1. The lowest BCUT2D eigenvalue weighted by Gasteiger charge is -2.11. The number of para-hydroxylation sites is 1. The van der Waals surface area contributed by atoms with E-state index in [4.69, 9.17) is 0 Å². The predicted octanol–water partition coefficient (Wildman–Crippen LogP) is 3.44. The fourth-order valence-corrected chi connectivity index (χ4v) is 2.37. The SMILES string of the molecule is CCn1cc(CCNC)c2cccc(C(F)(F)F)c21.